The summed E-state index contributed by atoms with van der Waals surface area (Å²) in [5, 5.41) is 5.36. The van der Waals surface area contributed by atoms with Crippen molar-refractivity contribution in [2.45, 2.75) is 20.0 Å². The Hall–Kier alpha value is -4.49. The summed E-state index contributed by atoms with van der Waals surface area (Å²) in [5.41, 5.74) is 2.83. The van der Waals surface area contributed by atoms with Crippen molar-refractivity contribution in [2.24, 2.45) is 0 Å². The molecule has 2 aromatic heterocycles. The molecule has 7 nitrogen and oxygen atoms in total. The van der Waals surface area contributed by atoms with Crippen LogP contribution < -0.4 is 9.47 Å². The van der Waals surface area contributed by atoms with Crippen LogP contribution in [0.1, 0.15) is 27.4 Å². The highest BCUT2D eigenvalue weighted by Gasteiger charge is 2.26. The van der Waals surface area contributed by atoms with E-state index in [1.54, 1.807) is 53.3 Å². The minimum atomic E-state index is -0.173. The fourth-order valence-electron chi connectivity index (χ4n) is 4.13. The van der Waals surface area contributed by atoms with E-state index >= 15 is 0 Å². The summed E-state index contributed by atoms with van der Waals surface area (Å²) in [6.45, 7) is 2.39. The first-order valence-electron chi connectivity index (χ1n) is 12.1. The van der Waals surface area contributed by atoms with E-state index in [0.29, 0.717) is 33.7 Å². The Balaban J connectivity index is 1.58. The summed E-state index contributed by atoms with van der Waals surface area (Å²) in [4.78, 5) is 15.4. The number of methoxy groups -OCH3 is 1. The number of nitrogens with zero attached hydrogens (tertiary/aromatic N) is 3. The van der Waals surface area contributed by atoms with Gasteiger partial charge < -0.3 is 18.8 Å². The number of hydrogen-bond acceptors (Lipinski definition) is 5. The number of amides is 1. The van der Waals surface area contributed by atoms with Crippen LogP contribution in [-0.2, 0) is 13.1 Å². The van der Waals surface area contributed by atoms with Crippen molar-refractivity contribution in [2.75, 3.05) is 7.11 Å². The van der Waals surface area contributed by atoms with E-state index in [0.717, 1.165) is 16.9 Å². The molecule has 8 heteroatoms. The van der Waals surface area contributed by atoms with Crippen LogP contribution in [0, 0.1) is 6.92 Å². The average Bonchev–Trinajstić information content (AvgIpc) is 3.57. The standard InChI is InChI=1S/C30H26ClN3O4/c1-21-26(20-33(19-25-11-8-18-37-25)29(35)22-14-16-23(31)17-15-22)30(34(32-21)24-9-4-3-5-10-24)38-28-13-7-6-12-27(28)36-2/h3-18H,19-20H2,1-2H3. The van der Waals surface area contributed by atoms with E-state index in [1.807, 2.05) is 67.6 Å². The molecule has 0 aliphatic rings. The lowest BCUT2D eigenvalue weighted by Gasteiger charge is -2.23. The first kappa shape index (κ1) is 25.2. The number of para-hydroxylation sites is 3. The molecule has 1 amide bonds. The molecule has 0 saturated carbocycles. The third kappa shape index (κ3) is 5.43. The molecule has 0 spiro atoms. The van der Waals surface area contributed by atoms with E-state index in [4.69, 9.17) is 30.6 Å². The van der Waals surface area contributed by atoms with Crippen LogP contribution in [0.5, 0.6) is 17.4 Å². The van der Waals surface area contributed by atoms with E-state index in [9.17, 15) is 4.79 Å². The van der Waals surface area contributed by atoms with Gasteiger partial charge in [-0.25, -0.2) is 4.68 Å². The van der Waals surface area contributed by atoms with Gasteiger partial charge in [-0.05, 0) is 67.6 Å². The summed E-state index contributed by atoms with van der Waals surface area (Å²) in [6.07, 6.45) is 1.59. The van der Waals surface area contributed by atoms with Gasteiger partial charge in [0.15, 0.2) is 11.5 Å². The van der Waals surface area contributed by atoms with Crippen molar-refractivity contribution in [3.05, 3.63) is 125 Å². The van der Waals surface area contributed by atoms with Crippen LogP contribution in [0.15, 0.2) is 102 Å². The zero-order chi connectivity index (χ0) is 26.5. The molecule has 5 rings (SSSR count). The van der Waals surface area contributed by atoms with Crippen molar-refractivity contribution in [1.29, 1.82) is 0 Å². The molecule has 38 heavy (non-hydrogen) atoms. The molecule has 0 N–H and O–H groups in total. The normalized spacial score (nSPS) is 10.8. The van der Waals surface area contributed by atoms with Gasteiger partial charge in [0.25, 0.3) is 5.91 Å². The number of benzene rings is 3. The molecule has 0 radical (unpaired) electrons. The molecule has 0 fully saturated rings. The second-order valence-corrected chi connectivity index (χ2v) is 9.05. The third-order valence-electron chi connectivity index (χ3n) is 6.07. The van der Waals surface area contributed by atoms with Crippen LogP contribution in [-0.4, -0.2) is 27.7 Å². The maximum absolute atomic E-state index is 13.7. The SMILES string of the molecule is COc1ccccc1Oc1c(CN(Cc2ccco2)C(=O)c2ccc(Cl)cc2)c(C)nn1-c1ccccc1. The number of carbonyl (C=O) groups excluding carboxylic acids is 1. The zero-order valence-corrected chi connectivity index (χ0v) is 21.8. The summed E-state index contributed by atoms with van der Waals surface area (Å²) in [7, 11) is 1.60. The first-order chi connectivity index (χ1) is 18.5. The second-order valence-electron chi connectivity index (χ2n) is 8.62. The van der Waals surface area contributed by atoms with Crippen molar-refractivity contribution < 1.29 is 18.7 Å². The maximum Gasteiger partial charge on any atom is 0.254 e. The summed E-state index contributed by atoms with van der Waals surface area (Å²) in [5.74, 6) is 2.10. The number of aryl methyl sites for hydroxylation is 1. The van der Waals surface area contributed by atoms with Gasteiger partial charge in [0.05, 0.1) is 43.4 Å². The summed E-state index contributed by atoms with van der Waals surface area (Å²) in [6, 6.07) is 27.6. The monoisotopic (exact) mass is 527 g/mol. The molecule has 0 aliphatic carbocycles. The molecule has 3 aromatic carbocycles. The molecule has 5 aromatic rings. The van der Waals surface area contributed by atoms with Crippen LogP contribution in [0.3, 0.4) is 0 Å². The number of halogens is 1. The Bertz CT molecular complexity index is 1510. The smallest absolute Gasteiger partial charge is 0.254 e. The highest BCUT2D eigenvalue weighted by molar-refractivity contribution is 6.30. The van der Waals surface area contributed by atoms with E-state index in [-0.39, 0.29) is 19.0 Å². The van der Waals surface area contributed by atoms with Gasteiger partial charge >= 0.3 is 0 Å². The average molecular weight is 528 g/mol. The topological polar surface area (TPSA) is 69.7 Å². The van der Waals surface area contributed by atoms with Crippen LogP contribution in [0.2, 0.25) is 5.02 Å². The predicted molar refractivity (Wildman–Crippen MR) is 145 cm³/mol. The third-order valence-corrected chi connectivity index (χ3v) is 6.32. The summed E-state index contributed by atoms with van der Waals surface area (Å²) >= 11 is 6.07. The van der Waals surface area contributed by atoms with Crippen molar-refractivity contribution in [3.63, 3.8) is 0 Å². The number of carbonyl (C=O) groups is 1. The van der Waals surface area contributed by atoms with E-state index in [1.165, 1.54) is 0 Å². The molecule has 0 atom stereocenters. The largest absolute Gasteiger partial charge is 0.493 e. The van der Waals surface area contributed by atoms with Gasteiger partial charge in [-0.2, -0.15) is 5.10 Å². The van der Waals surface area contributed by atoms with Crippen molar-refractivity contribution >= 4 is 17.5 Å². The van der Waals surface area contributed by atoms with Crippen LogP contribution >= 0.6 is 11.6 Å². The zero-order valence-electron chi connectivity index (χ0n) is 21.0. The van der Waals surface area contributed by atoms with Gasteiger partial charge in [0, 0.05) is 10.6 Å². The van der Waals surface area contributed by atoms with Crippen molar-refractivity contribution in [1.82, 2.24) is 14.7 Å². The Kier molecular flexibility index (Phi) is 7.47. The molecule has 0 saturated heterocycles. The molecule has 192 valence electrons. The molecular formula is C30H26ClN3O4. The minimum absolute atomic E-state index is 0.173. The second kappa shape index (κ2) is 11.3. The lowest BCUT2D eigenvalue weighted by atomic mass is 10.1. The molecular weight excluding hydrogens is 502 g/mol. The fraction of sp³-hybridized carbons (Fsp3) is 0.133. The Morgan fingerprint density at radius 1 is 0.921 bits per heavy atom. The van der Waals surface area contributed by atoms with Gasteiger partial charge in [0.2, 0.25) is 5.88 Å². The van der Waals surface area contributed by atoms with Gasteiger partial charge in [0.1, 0.15) is 5.76 Å². The van der Waals surface area contributed by atoms with Gasteiger partial charge in [-0.1, -0.05) is 41.9 Å². The number of aromatic nitrogens is 2. The molecule has 0 unspecified atom stereocenters. The lowest BCUT2D eigenvalue weighted by molar-refractivity contribution is 0.0716. The molecule has 0 aliphatic heterocycles. The highest BCUT2D eigenvalue weighted by Crippen LogP contribution is 2.36. The first-order valence-corrected chi connectivity index (χ1v) is 12.4. The Morgan fingerprint density at radius 2 is 1.63 bits per heavy atom. The van der Waals surface area contributed by atoms with E-state index in [2.05, 4.69) is 0 Å². The Labute approximate surface area is 225 Å². The lowest BCUT2D eigenvalue weighted by Crippen LogP contribution is -2.30. The fourth-order valence-corrected chi connectivity index (χ4v) is 4.26. The van der Waals surface area contributed by atoms with Gasteiger partial charge in [-0.3, -0.25) is 4.79 Å². The van der Waals surface area contributed by atoms with Crippen LogP contribution in [0.4, 0.5) is 0 Å². The quantitative estimate of drug-likeness (QED) is 0.205. The molecule has 0 bridgehead atoms. The summed E-state index contributed by atoms with van der Waals surface area (Å²) < 4.78 is 19.3. The Morgan fingerprint density at radius 3 is 2.32 bits per heavy atom. The van der Waals surface area contributed by atoms with Crippen LogP contribution in [0.25, 0.3) is 5.69 Å². The number of hydrogen-bond donors (Lipinski definition) is 0. The number of rotatable bonds is 9. The predicted octanol–water partition coefficient (Wildman–Crippen LogP) is 7.07. The molecule has 2 heterocycles. The van der Waals surface area contributed by atoms with Gasteiger partial charge in [-0.15, -0.1) is 0 Å². The number of furan rings is 1. The number of ether oxygens (including phenoxy) is 2. The van der Waals surface area contributed by atoms with E-state index < -0.39 is 0 Å². The van der Waals surface area contributed by atoms with Crippen molar-refractivity contribution in [3.8, 4) is 23.1 Å². The minimum Gasteiger partial charge on any atom is -0.493 e. The maximum atomic E-state index is 13.7. The highest BCUT2D eigenvalue weighted by atomic mass is 35.5.